The maximum absolute atomic E-state index is 15.4. The minimum Gasteiger partial charge on any atom is -0.465 e. The van der Waals surface area contributed by atoms with Crippen LogP contribution in [0.3, 0.4) is 0 Å². The fourth-order valence-electron chi connectivity index (χ4n) is 6.00. The topological polar surface area (TPSA) is 143 Å². The van der Waals surface area contributed by atoms with Crippen molar-refractivity contribution in [3.05, 3.63) is 96.3 Å². The van der Waals surface area contributed by atoms with Crippen molar-refractivity contribution in [3.8, 4) is 22.1 Å². The lowest BCUT2D eigenvalue weighted by Crippen LogP contribution is -2.42. The molecular formula is C38H37F2N5O6S. The van der Waals surface area contributed by atoms with Crippen LogP contribution in [0.2, 0.25) is 0 Å². The van der Waals surface area contributed by atoms with Crippen LogP contribution in [0, 0.1) is 22.5 Å². The number of amides is 3. The molecule has 3 heterocycles. The van der Waals surface area contributed by atoms with Gasteiger partial charge in [-0.3, -0.25) is 24.5 Å². The Hall–Kier alpha value is -5.47. The number of rotatable bonds is 12. The molecule has 0 spiro atoms. The van der Waals surface area contributed by atoms with Gasteiger partial charge in [0.2, 0.25) is 11.8 Å². The Morgan fingerprint density at radius 3 is 2.23 bits per heavy atom. The van der Waals surface area contributed by atoms with E-state index in [0.717, 1.165) is 16.5 Å². The molecule has 1 aliphatic carbocycles. The van der Waals surface area contributed by atoms with Gasteiger partial charge in [0, 0.05) is 49.6 Å². The number of aromatic nitrogens is 2. The van der Waals surface area contributed by atoms with E-state index in [9.17, 15) is 23.9 Å². The van der Waals surface area contributed by atoms with Crippen molar-refractivity contribution in [2.45, 2.75) is 39.7 Å². The Morgan fingerprint density at radius 1 is 0.942 bits per heavy atom. The number of benzene rings is 2. The Morgan fingerprint density at radius 2 is 1.63 bits per heavy atom. The minimum absolute atomic E-state index is 0.0807. The van der Waals surface area contributed by atoms with E-state index >= 15 is 4.39 Å². The standard InChI is InChI=1S/C38H37F2N5O6S/c1-37(2,3)33(45(36(48)49)17-18-50-4)22-5-11-27(42-21-22)31-20-28-32(52-31)30(13-16-41-28)51-29-12-10-25(19-26(29)40)44-35(47)38(14-15-38)34(46)43-24-8-6-23(39)7-9-24/h5-13,16,19-21,33H,14-15,17-18H2,1-4H3,(H,43,46)(H,44,47)(H,48,49). The van der Waals surface area contributed by atoms with Crippen LogP contribution in [0.15, 0.2) is 79.1 Å². The summed E-state index contributed by atoms with van der Waals surface area (Å²) in [5.41, 5.74) is 0.802. The van der Waals surface area contributed by atoms with E-state index in [1.54, 1.807) is 18.5 Å². The van der Waals surface area contributed by atoms with Gasteiger partial charge in [0.1, 0.15) is 17.0 Å². The third-order valence-electron chi connectivity index (χ3n) is 8.78. The lowest BCUT2D eigenvalue weighted by molar-refractivity contribution is -0.131. The van der Waals surface area contributed by atoms with E-state index in [4.69, 9.17) is 9.47 Å². The normalized spacial score (nSPS) is 14.0. The number of anilines is 2. The van der Waals surface area contributed by atoms with Crippen molar-refractivity contribution < 1.29 is 37.7 Å². The highest BCUT2D eigenvalue weighted by molar-refractivity contribution is 7.22. The lowest BCUT2D eigenvalue weighted by atomic mass is 9.81. The molecule has 0 aliphatic heterocycles. The maximum Gasteiger partial charge on any atom is 0.407 e. The number of thiophene rings is 1. The second-order valence-electron chi connectivity index (χ2n) is 13.6. The van der Waals surface area contributed by atoms with Crippen LogP contribution in [0.25, 0.3) is 20.8 Å². The van der Waals surface area contributed by atoms with Crippen LogP contribution >= 0.6 is 11.3 Å². The molecule has 3 aromatic heterocycles. The molecule has 6 rings (SSSR count). The van der Waals surface area contributed by atoms with Crippen molar-refractivity contribution in [1.29, 1.82) is 0 Å². The number of carboxylic acid groups (broad SMARTS) is 1. The van der Waals surface area contributed by atoms with Crippen molar-refractivity contribution >= 4 is 50.8 Å². The third kappa shape index (κ3) is 7.72. The summed E-state index contributed by atoms with van der Waals surface area (Å²) in [6.45, 7) is 6.39. The average Bonchev–Trinajstić information content (AvgIpc) is 3.81. The molecule has 11 nitrogen and oxygen atoms in total. The molecule has 52 heavy (non-hydrogen) atoms. The van der Waals surface area contributed by atoms with E-state index in [1.165, 1.54) is 59.7 Å². The summed E-state index contributed by atoms with van der Waals surface area (Å²) in [6, 6.07) is 15.9. The van der Waals surface area contributed by atoms with Gasteiger partial charge in [0.05, 0.1) is 33.4 Å². The minimum atomic E-state index is -1.30. The molecule has 3 amide bonds. The predicted octanol–water partition coefficient (Wildman–Crippen LogP) is 8.50. The van der Waals surface area contributed by atoms with Crippen LogP contribution in [0.4, 0.5) is 25.0 Å². The molecule has 14 heteroatoms. The van der Waals surface area contributed by atoms with Gasteiger partial charge in [-0.2, -0.15) is 0 Å². The number of halogens is 2. The van der Waals surface area contributed by atoms with Crippen molar-refractivity contribution in [2.75, 3.05) is 30.9 Å². The molecule has 1 fully saturated rings. The van der Waals surface area contributed by atoms with Crippen LogP contribution < -0.4 is 15.4 Å². The van der Waals surface area contributed by atoms with E-state index < -0.39 is 46.4 Å². The summed E-state index contributed by atoms with van der Waals surface area (Å²) in [7, 11) is 1.53. The highest BCUT2D eigenvalue weighted by Crippen LogP contribution is 2.48. The molecule has 1 atom stereocenters. The molecule has 0 saturated heterocycles. The van der Waals surface area contributed by atoms with E-state index in [0.29, 0.717) is 40.2 Å². The number of hydrogen-bond donors (Lipinski definition) is 3. The fraction of sp³-hybridized carbons (Fsp3) is 0.289. The third-order valence-corrected chi connectivity index (χ3v) is 9.94. The average molecular weight is 730 g/mol. The number of pyridine rings is 2. The molecular weight excluding hydrogens is 693 g/mol. The Kier molecular flexibility index (Phi) is 10.2. The molecule has 5 aromatic rings. The number of carbonyl (C=O) groups excluding carboxylic acids is 2. The van der Waals surface area contributed by atoms with E-state index in [2.05, 4.69) is 20.6 Å². The van der Waals surface area contributed by atoms with Crippen LogP contribution in [0.5, 0.6) is 11.5 Å². The summed E-state index contributed by atoms with van der Waals surface area (Å²) in [6.07, 6.45) is 2.84. The first-order valence-corrected chi connectivity index (χ1v) is 17.3. The summed E-state index contributed by atoms with van der Waals surface area (Å²) in [5.74, 6) is -1.98. The summed E-state index contributed by atoms with van der Waals surface area (Å²) < 4.78 is 40.4. The maximum atomic E-state index is 15.4. The monoisotopic (exact) mass is 729 g/mol. The molecule has 2 aromatic carbocycles. The number of nitrogens with zero attached hydrogens (tertiary/aromatic N) is 3. The zero-order valence-corrected chi connectivity index (χ0v) is 29.7. The number of carbonyl (C=O) groups is 3. The highest BCUT2D eigenvalue weighted by atomic mass is 32.1. The molecule has 3 N–H and O–H groups in total. The van der Waals surface area contributed by atoms with E-state index in [1.807, 2.05) is 39.0 Å². The Bertz CT molecular complexity index is 2110. The molecule has 1 aliphatic rings. The van der Waals surface area contributed by atoms with Crippen LogP contribution in [-0.4, -0.2) is 58.1 Å². The summed E-state index contributed by atoms with van der Waals surface area (Å²) in [5, 5.41) is 15.3. The second kappa shape index (κ2) is 14.6. The first-order chi connectivity index (χ1) is 24.8. The first kappa shape index (κ1) is 36.3. The molecule has 1 unspecified atom stereocenters. The molecule has 0 radical (unpaired) electrons. The predicted molar refractivity (Wildman–Crippen MR) is 193 cm³/mol. The number of ether oxygens (including phenoxy) is 2. The number of hydrogen-bond acceptors (Lipinski definition) is 8. The van der Waals surface area contributed by atoms with Crippen LogP contribution in [0.1, 0.15) is 45.2 Å². The quantitative estimate of drug-likeness (QED) is 0.109. The Balaban J connectivity index is 1.16. The van der Waals surface area contributed by atoms with E-state index in [-0.39, 0.29) is 24.6 Å². The van der Waals surface area contributed by atoms with Gasteiger partial charge < -0.3 is 25.2 Å². The van der Waals surface area contributed by atoms with Crippen molar-refractivity contribution in [3.63, 3.8) is 0 Å². The van der Waals surface area contributed by atoms with Gasteiger partial charge in [-0.15, -0.1) is 11.3 Å². The SMILES string of the molecule is COCCN(C(=O)O)C(c1ccc(-c2cc3nccc(Oc4ccc(NC(=O)C5(C(=O)Nc6ccc(F)cc6)CC5)cc4F)c3s2)nc1)C(C)(C)C. The van der Waals surface area contributed by atoms with Gasteiger partial charge in [0.25, 0.3) is 0 Å². The van der Waals surface area contributed by atoms with Gasteiger partial charge in [-0.25, -0.2) is 13.6 Å². The summed E-state index contributed by atoms with van der Waals surface area (Å²) >= 11 is 1.36. The molecule has 0 bridgehead atoms. The lowest BCUT2D eigenvalue weighted by Gasteiger charge is -2.38. The largest absolute Gasteiger partial charge is 0.465 e. The second-order valence-corrected chi connectivity index (χ2v) is 14.6. The van der Waals surface area contributed by atoms with Gasteiger partial charge in [-0.05, 0) is 72.4 Å². The van der Waals surface area contributed by atoms with Crippen molar-refractivity contribution in [2.24, 2.45) is 10.8 Å². The fourth-order valence-corrected chi connectivity index (χ4v) is 7.05. The zero-order chi connectivity index (χ0) is 37.2. The van der Waals surface area contributed by atoms with Crippen molar-refractivity contribution in [1.82, 2.24) is 14.9 Å². The van der Waals surface area contributed by atoms with Gasteiger partial charge in [0.15, 0.2) is 11.6 Å². The highest BCUT2D eigenvalue weighted by Gasteiger charge is 2.56. The summed E-state index contributed by atoms with van der Waals surface area (Å²) in [4.78, 5) is 49.5. The number of fused-ring (bicyclic) bond motifs is 1. The Labute approximate surface area is 302 Å². The number of methoxy groups -OCH3 is 1. The zero-order valence-electron chi connectivity index (χ0n) is 28.9. The first-order valence-electron chi connectivity index (χ1n) is 16.5. The smallest absolute Gasteiger partial charge is 0.407 e. The van der Waals surface area contributed by atoms with Gasteiger partial charge in [-0.1, -0.05) is 26.8 Å². The molecule has 1 saturated carbocycles. The van der Waals surface area contributed by atoms with Crippen LogP contribution in [-0.2, 0) is 14.3 Å². The van der Waals surface area contributed by atoms with Gasteiger partial charge >= 0.3 is 6.09 Å². The molecule has 270 valence electrons. The number of nitrogens with one attached hydrogen (secondary N) is 2.